The number of aryl methyl sites for hydroxylation is 1. The summed E-state index contributed by atoms with van der Waals surface area (Å²) in [5.41, 5.74) is 5.24. The highest BCUT2D eigenvalue weighted by Gasteiger charge is 2.33. The Hall–Kier alpha value is -3.53. The van der Waals surface area contributed by atoms with Crippen LogP contribution in [0.3, 0.4) is 0 Å². The number of sulfone groups is 1. The van der Waals surface area contributed by atoms with Gasteiger partial charge in [-0.2, -0.15) is 0 Å². The lowest BCUT2D eigenvalue weighted by Crippen LogP contribution is -2.42. The summed E-state index contributed by atoms with van der Waals surface area (Å²) in [7, 11) is -1.66. The van der Waals surface area contributed by atoms with Crippen molar-refractivity contribution in [2.24, 2.45) is 0 Å². The summed E-state index contributed by atoms with van der Waals surface area (Å²) >= 11 is 0. The van der Waals surface area contributed by atoms with Crippen molar-refractivity contribution in [1.29, 1.82) is 0 Å². The van der Waals surface area contributed by atoms with Gasteiger partial charge in [-0.3, -0.25) is 9.69 Å². The van der Waals surface area contributed by atoms with E-state index in [2.05, 4.69) is 34.5 Å². The summed E-state index contributed by atoms with van der Waals surface area (Å²) in [6.45, 7) is 3.29. The van der Waals surface area contributed by atoms with E-state index in [1.54, 1.807) is 13.2 Å². The van der Waals surface area contributed by atoms with Crippen LogP contribution in [0.4, 0.5) is 0 Å². The first-order chi connectivity index (χ1) is 20.1. The highest BCUT2D eigenvalue weighted by atomic mass is 32.2. The van der Waals surface area contributed by atoms with Gasteiger partial charge in [0.15, 0.2) is 0 Å². The highest BCUT2D eigenvalue weighted by molar-refractivity contribution is 7.90. The molecule has 1 heterocycles. The van der Waals surface area contributed by atoms with Crippen LogP contribution < -0.4 is 5.32 Å². The smallest absolute Gasteiger partial charge is 0.326 e. The maximum Gasteiger partial charge on any atom is 0.326 e. The van der Waals surface area contributed by atoms with Crippen molar-refractivity contribution in [2.75, 3.05) is 25.7 Å². The largest absolute Gasteiger partial charge is 0.480 e. The van der Waals surface area contributed by atoms with Gasteiger partial charge in [-0.15, -0.1) is 0 Å². The summed E-state index contributed by atoms with van der Waals surface area (Å²) < 4.78 is 28.9. The van der Waals surface area contributed by atoms with Crippen LogP contribution in [0.2, 0.25) is 0 Å². The molecule has 4 rings (SSSR count). The van der Waals surface area contributed by atoms with E-state index in [-0.39, 0.29) is 18.2 Å². The number of carbonyl (C=O) groups is 2. The molecule has 9 heteroatoms. The Balaban J connectivity index is 1.65. The molecule has 42 heavy (non-hydrogen) atoms. The maximum absolute atomic E-state index is 13.5. The molecular weight excluding hydrogens is 552 g/mol. The number of carboxylic acid groups (broad SMARTS) is 1. The third kappa shape index (κ3) is 8.27. The molecule has 3 aromatic rings. The van der Waals surface area contributed by atoms with Crippen LogP contribution in [0.15, 0.2) is 72.8 Å². The monoisotopic (exact) mass is 592 g/mol. The van der Waals surface area contributed by atoms with E-state index in [0.29, 0.717) is 30.3 Å². The van der Waals surface area contributed by atoms with Crippen LogP contribution in [-0.2, 0) is 32.3 Å². The minimum absolute atomic E-state index is 0.212. The minimum atomic E-state index is -3.39. The Labute approximate surface area is 248 Å². The summed E-state index contributed by atoms with van der Waals surface area (Å²) in [5, 5.41) is 12.2. The first-order valence-electron chi connectivity index (χ1n) is 14.2. The zero-order valence-electron chi connectivity index (χ0n) is 24.5. The lowest BCUT2D eigenvalue weighted by atomic mass is 9.93. The molecule has 0 saturated carbocycles. The van der Waals surface area contributed by atoms with Crippen LogP contribution in [0.1, 0.15) is 46.3 Å². The molecule has 224 valence electrons. The number of likely N-dealkylation sites (tertiary alicyclic amines) is 1. The van der Waals surface area contributed by atoms with E-state index in [0.717, 1.165) is 42.2 Å². The maximum atomic E-state index is 13.5. The molecule has 2 N–H and O–H groups in total. The van der Waals surface area contributed by atoms with Gasteiger partial charge in [0.2, 0.25) is 0 Å². The Morgan fingerprint density at radius 2 is 1.67 bits per heavy atom. The molecule has 1 fully saturated rings. The van der Waals surface area contributed by atoms with Gasteiger partial charge < -0.3 is 15.2 Å². The van der Waals surface area contributed by atoms with Crippen molar-refractivity contribution in [3.8, 4) is 11.1 Å². The molecule has 1 amide bonds. The van der Waals surface area contributed by atoms with Crippen LogP contribution in [0.25, 0.3) is 11.1 Å². The zero-order valence-corrected chi connectivity index (χ0v) is 25.3. The molecule has 1 aliphatic rings. The average Bonchev–Trinajstić information content (AvgIpc) is 3.31. The van der Waals surface area contributed by atoms with Crippen molar-refractivity contribution in [1.82, 2.24) is 10.2 Å². The lowest BCUT2D eigenvalue weighted by molar-refractivity contribution is -0.139. The van der Waals surface area contributed by atoms with Crippen LogP contribution in [0, 0.1) is 6.92 Å². The van der Waals surface area contributed by atoms with E-state index in [9.17, 15) is 23.1 Å². The highest BCUT2D eigenvalue weighted by Crippen LogP contribution is 2.32. The number of nitrogens with zero attached hydrogens (tertiary/aromatic N) is 1. The van der Waals surface area contributed by atoms with Crippen molar-refractivity contribution in [3.05, 3.63) is 95.1 Å². The molecule has 8 nitrogen and oxygen atoms in total. The fraction of sp³-hybridized carbons (Fsp3) is 0.394. The van der Waals surface area contributed by atoms with Gasteiger partial charge in [0.1, 0.15) is 15.9 Å². The molecule has 0 radical (unpaired) electrons. The van der Waals surface area contributed by atoms with Gasteiger partial charge in [0.25, 0.3) is 5.91 Å². The number of benzene rings is 3. The number of rotatable bonds is 13. The summed E-state index contributed by atoms with van der Waals surface area (Å²) in [6.07, 6.45) is 3.88. The van der Waals surface area contributed by atoms with Gasteiger partial charge in [-0.25, -0.2) is 13.2 Å². The van der Waals surface area contributed by atoms with E-state index in [1.165, 1.54) is 5.56 Å². The van der Waals surface area contributed by atoms with Gasteiger partial charge in [0, 0.05) is 37.6 Å². The number of methoxy groups -OCH3 is 1. The summed E-state index contributed by atoms with van der Waals surface area (Å²) in [5.74, 6) is -2.17. The number of ether oxygens (including phenoxy) is 1. The predicted molar refractivity (Wildman–Crippen MR) is 164 cm³/mol. The van der Waals surface area contributed by atoms with Gasteiger partial charge in [0.05, 0.1) is 12.4 Å². The van der Waals surface area contributed by atoms with Crippen LogP contribution >= 0.6 is 0 Å². The molecule has 0 aromatic heterocycles. The van der Waals surface area contributed by atoms with E-state index in [1.807, 2.05) is 49.4 Å². The van der Waals surface area contributed by atoms with Crippen molar-refractivity contribution in [3.63, 3.8) is 0 Å². The number of carboxylic acids is 1. The number of nitrogens with one attached hydrogen (secondary N) is 1. The number of aliphatic carboxylic acids is 1. The lowest BCUT2D eigenvalue weighted by Gasteiger charge is -2.30. The molecular formula is C33H40N2O6S. The Bertz CT molecular complexity index is 1490. The SMILES string of the molecule is COCC1CCC(Cc2ccccc2)N1Cc1ccc(C(=O)NC(CCS(C)(=O)=O)C(=O)O)c(-c2ccccc2C)c1. The summed E-state index contributed by atoms with van der Waals surface area (Å²) in [4.78, 5) is 27.8. The molecule has 3 atom stereocenters. The molecule has 0 bridgehead atoms. The number of hydrogen-bond acceptors (Lipinski definition) is 6. The second kappa shape index (κ2) is 14.1. The third-order valence-corrected chi connectivity index (χ3v) is 8.93. The van der Waals surface area contributed by atoms with Crippen molar-refractivity contribution in [2.45, 2.75) is 57.3 Å². The number of carbonyl (C=O) groups excluding carboxylic acids is 1. The van der Waals surface area contributed by atoms with E-state index < -0.39 is 27.8 Å². The third-order valence-electron chi connectivity index (χ3n) is 7.95. The fourth-order valence-electron chi connectivity index (χ4n) is 5.77. The second-order valence-corrected chi connectivity index (χ2v) is 13.4. The van der Waals surface area contributed by atoms with Gasteiger partial charge in [-0.1, -0.05) is 60.7 Å². The zero-order chi connectivity index (χ0) is 30.3. The molecule has 1 aliphatic heterocycles. The molecule has 1 saturated heterocycles. The predicted octanol–water partition coefficient (Wildman–Crippen LogP) is 4.50. The normalized spacial score (nSPS) is 18.1. The molecule has 3 aromatic carbocycles. The number of amides is 1. The van der Waals surface area contributed by atoms with Crippen molar-refractivity contribution >= 4 is 21.7 Å². The standard InChI is InChI=1S/C33H40N2O6S/c1-23-9-7-8-12-28(23)30-20-25(13-16-29(30)32(36)34-31(33(37)38)17-18-42(3,39)40)21-35-26(14-15-27(35)22-41-2)19-24-10-5-4-6-11-24/h4-13,16,20,26-27,31H,14-15,17-19,21-22H2,1-3H3,(H,34,36)(H,37,38). The van der Waals surface area contributed by atoms with Crippen molar-refractivity contribution < 1.29 is 27.9 Å². The molecule has 0 spiro atoms. The van der Waals surface area contributed by atoms with E-state index in [4.69, 9.17) is 4.74 Å². The van der Waals surface area contributed by atoms with E-state index >= 15 is 0 Å². The van der Waals surface area contributed by atoms with Crippen LogP contribution in [0.5, 0.6) is 0 Å². The Morgan fingerprint density at radius 1 is 0.976 bits per heavy atom. The molecule has 3 unspecified atom stereocenters. The fourth-order valence-corrected chi connectivity index (χ4v) is 6.44. The Morgan fingerprint density at radius 3 is 2.33 bits per heavy atom. The molecule has 0 aliphatic carbocycles. The van der Waals surface area contributed by atoms with Crippen LogP contribution in [-0.4, -0.2) is 74.2 Å². The van der Waals surface area contributed by atoms with Gasteiger partial charge >= 0.3 is 5.97 Å². The quantitative estimate of drug-likeness (QED) is 0.301. The summed E-state index contributed by atoms with van der Waals surface area (Å²) in [6, 6.07) is 23.2. The first kappa shape index (κ1) is 31.4. The first-order valence-corrected chi connectivity index (χ1v) is 16.3. The second-order valence-electron chi connectivity index (χ2n) is 11.2. The average molecular weight is 593 g/mol. The Kier molecular flexibility index (Phi) is 10.5. The van der Waals surface area contributed by atoms with Gasteiger partial charge in [-0.05, 0) is 72.6 Å². The topological polar surface area (TPSA) is 113 Å². The number of hydrogen-bond donors (Lipinski definition) is 2. The minimum Gasteiger partial charge on any atom is -0.480 e.